The zero-order valence-electron chi connectivity index (χ0n) is 7.11. The monoisotopic (exact) mass is 194 g/mol. The fraction of sp³-hybridized carbons (Fsp3) is 0.800. The highest BCUT2D eigenvalue weighted by Gasteiger charge is 2.19. The van der Waals surface area contributed by atoms with E-state index in [2.05, 4.69) is 0 Å². The second-order valence-corrected chi connectivity index (χ2v) is 4.25. The molecular weight excluding hydrogens is 180 g/mol. The number of amidine groups is 1. The first-order chi connectivity index (χ1) is 5.25. The van der Waals surface area contributed by atoms with Crippen LogP contribution >= 0.6 is 0 Å². The molecule has 1 unspecified atom stereocenters. The molecule has 0 spiro atoms. The van der Waals surface area contributed by atoms with Crippen LogP contribution < -0.4 is 10.9 Å². The van der Waals surface area contributed by atoms with Crippen LogP contribution in [0.3, 0.4) is 0 Å². The third-order valence-electron chi connectivity index (χ3n) is 1.54. The molecule has 0 saturated heterocycles. The van der Waals surface area contributed by atoms with E-state index in [1.165, 1.54) is 7.05 Å². The minimum atomic E-state index is -3.67. The van der Waals surface area contributed by atoms with Gasteiger partial charge in [-0.2, -0.15) is 12.7 Å². The Kier molecular flexibility index (Phi) is 3.62. The molecule has 0 aromatic rings. The highest BCUT2D eigenvalue weighted by Crippen LogP contribution is 2.02. The smallest absolute Gasteiger partial charge is 0.276 e. The molecule has 0 bridgehead atoms. The molecule has 6 nitrogen and oxygen atoms in total. The zero-order valence-corrected chi connectivity index (χ0v) is 7.93. The fourth-order valence-corrected chi connectivity index (χ4v) is 1.27. The van der Waals surface area contributed by atoms with Gasteiger partial charge in [0.25, 0.3) is 10.2 Å². The molecule has 0 amide bonds. The predicted molar refractivity (Wildman–Crippen MR) is 46.9 cm³/mol. The summed E-state index contributed by atoms with van der Waals surface area (Å²) in [6, 6.07) is -0.377. The summed E-state index contributed by atoms with van der Waals surface area (Å²) in [5.41, 5.74) is 5.10. The maximum Gasteiger partial charge on any atom is 0.276 e. The van der Waals surface area contributed by atoms with Crippen LogP contribution in [0, 0.1) is 5.41 Å². The van der Waals surface area contributed by atoms with E-state index in [1.54, 1.807) is 6.92 Å². The largest absolute Gasteiger partial charge is 0.388 e. The summed E-state index contributed by atoms with van der Waals surface area (Å²) in [7, 11) is -2.32. The number of rotatable bonds is 4. The first-order valence-electron chi connectivity index (χ1n) is 3.33. The second kappa shape index (κ2) is 3.83. The van der Waals surface area contributed by atoms with Crippen molar-refractivity contribution in [1.82, 2.24) is 4.31 Å². The fourth-order valence-electron chi connectivity index (χ4n) is 0.698. The first-order valence-corrected chi connectivity index (χ1v) is 4.84. The lowest BCUT2D eigenvalue weighted by Gasteiger charge is -2.20. The lowest BCUT2D eigenvalue weighted by Crippen LogP contribution is -2.41. The van der Waals surface area contributed by atoms with E-state index in [4.69, 9.17) is 16.3 Å². The number of hydrogen-bond acceptors (Lipinski definition) is 3. The summed E-state index contributed by atoms with van der Waals surface area (Å²) >= 11 is 0. The van der Waals surface area contributed by atoms with E-state index < -0.39 is 10.2 Å². The molecule has 1 atom stereocenters. The maximum absolute atomic E-state index is 10.7. The van der Waals surface area contributed by atoms with Gasteiger partial charge in [0.15, 0.2) is 0 Å². The van der Waals surface area contributed by atoms with Crippen LogP contribution in [-0.2, 0) is 10.2 Å². The van der Waals surface area contributed by atoms with Crippen LogP contribution in [0.15, 0.2) is 0 Å². The molecular formula is C5H14N4O2S. The molecule has 0 aromatic carbocycles. The molecule has 0 heterocycles. The summed E-state index contributed by atoms with van der Waals surface area (Å²) in [5, 5.41) is 11.8. The van der Waals surface area contributed by atoms with Crippen molar-refractivity contribution in [2.75, 3.05) is 7.05 Å². The maximum atomic E-state index is 10.7. The summed E-state index contributed by atoms with van der Waals surface area (Å²) < 4.78 is 22.5. The van der Waals surface area contributed by atoms with Crippen molar-refractivity contribution in [1.29, 1.82) is 5.41 Å². The first kappa shape index (κ1) is 11.3. The van der Waals surface area contributed by atoms with E-state index in [0.717, 1.165) is 4.31 Å². The minimum absolute atomic E-state index is 0.0574. The van der Waals surface area contributed by atoms with E-state index >= 15 is 0 Å². The molecule has 0 aromatic heterocycles. The third-order valence-corrected chi connectivity index (χ3v) is 2.70. The topological polar surface area (TPSA) is 113 Å². The molecule has 0 fully saturated rings. The Morgan fingerprint density at radius 1 is 1.67 bits per heavy atom. The molecule has 7 heteroatoms. The normalized spacial score (nSPS) is 14.7. The lowest BCUT2D eigenvalue weighted by atomic mass is 10.2. The Morgan fingerprint density at radius 2 is 2.08 bits per heavy atom. The van der Waals surface area contributed by atoms with Gasteiger partial charge in [-0.05, 0) is 6.92 Å². The minimum Gasteiger partial charge on any atom is -0.388 e. The second-order valence-electron chi connectivity index (χ2n) is 2.64. The Bertz CT molecular complexity index is 261. The Labute approximate surface area is 72.2 Å². The Balaban J connectivity index is 4.30. The number of nitrogens with two attached hydrogens (primary N) is 2. The molecule has 0 aliphatic rings. The van der Waals surface area contributed by atoms with Crippen molar-refractivity contribution >= 4 is 16.0 Å². The molecule has 0 saturated carbocycles. The average molecular weight is 194 g/mol. The summed E-state index contributed by atoms with van der Waals surface area (Å²) in [4.78, 5) is 0. The third kappa shape index (κ3) is 3.65. The zero-order chi connectivity index (χ0) is 9.94. The van der Waals surface area contributed by atoms with E-state index in [-0.39, 0.29) is 18.3 Å². The van der Waals surface area contributed by atoms with Crippen molar-refractivity contribution in [3.8, 4) is 0 Å². The van der Waals surface area contributed by atoms with Gasteiger partial charge < -0.3 is 5.73 Å². The van der Waals surface area contributed by atoms with Gasteiger partial charge in [0.1, 0.15) is 0 Å². The van der Waals surface area contributed by atoms with Crippen LogP contribution in [0.1, 0.15) is 13.3 Å². The van der Waals surface area contributed by atoms with E-state index in [1.807, 2.05) is 0 Å². The van der Waals surface area contributed by atoms with Gasteiger partial charge in [-0.3, -0.25) is 5.41 Å². The highest BCUT2D eigenvalue weighted by molar-refractivity contribution is 7.86. The SMILES string of the molecule is CC(CC(=N)N)N(C)S(N)(=O)=O. The van der Waals surface area contributed by atoms with Crippen molar-refractivity contribution in [3.05, 3.63) is 0 Å². The quantitative estimate of drug-likeness (QED) is 0.387. The standard InChI is InChI=1S/C5H14N4O2S/c1-4(3-5(6)7)9(2)12(8,10)11/h4H,3H2,1-2H3,(H3,6,7)(H2,8,10,11). The van der Waals surface area contributed by atoms with Crippen molar-refractivity contribution in [3.63, 3.8) is 0 Å². The lowest BCUT2D eigenvalue weighted by molar-refractivity contribution is 0.396. The average Bonchev–Trinajstić information content (AvgIpc) is 1.82. The number of hydrogen-bond donors (Lipinski definition) is 3. The van der Waals surface area contributed by atoms with Gasteiger partial charge in [-0.15, -0.1) is 0 Å². The van der Waals surface area contributed by atoms with Crippen LogP contribution in [0.5, 0.6) is 0 Å². The van der Waals surface area contributed by atoms with Crippen molar-refractivity contribution < 1.29 is 8.42 Å². The molecule has 0 rings (SSSR count). The summed E-state index contributed by atoms with van der Waals surface area (Å²) in [6.45, 7) is 1.63. The van der Waals surface area contributed by atoms with Crippen LogP contribution in [0.2, 0.25) is 0 Å². The molecule has 0 aliphatic heterocycles. The van der Waals surface area contributed by atoms with Crippen LogP contribution in [-0.4, -0.2) is 31.6 Å². The Morgan fingerprint density at radius 3 is 2.33 bits per heavy atom. The van der Waals surface area contributed by atoms with Gasteiger partial charge in [0.2, 0.25) is 0 Å². The van der Waals surface area contributed by atoms with Gasteiger partial charge in [-0.1, -0.05) is 0 Å². The molecule has 0 aliphatic carbocycles. The van der Waals surface area contributed by atoms with Crippen LogP contribution in [0.25, 0.3) is 0 Å². The van der Waals surface area contributed by atoms with Crippen molar-refractivity contribution in [2.24, 2.45) is 10.9 Å². The van der Waals surface area contributed by atoms with Gasteiger partial charge in [0.05, 0.1) is 5.84 Å². The highest BCUT2D eigenvalue weighted by atomic mass is 32.2. The molecule has 5 N–H and O–H groups in total. The number of nitrogens with one attached hydrogen (secondary N) is 1. The van der Waals surface area contributed by atoms with E-state index in [0.29, 0.717) is 0 Å². The Hall–Kier alpha value is -0.660. The molecule has 12 heavy (non-hydrogen) atoms. The molecule has 0 radical (unpaired) electrons. The van der Waals surface area contributed by atoms with E-state index in [9.17, 15) is 8.42 Å². The van der Waals surface area contributed by atoms with Gasteiger partial charge >= 0.3 is 0 Å². The predicted octanol–water partition coefficient (Wildman–Crippen LogP) is -1.16. The van der Waals surface area contributed by atoms with Gasteiger partial charge in [-0.25, -0.2) is 5.14 Å². The number of nitrogens with zero attached hydrogens (tertiary/aromatic N) is 1. The van der Waals surface area contributed by atoms with Gasteiger partial charge in [0, 0.05) is 19.5 Å². The summed E-state index contributed by atoms with van der Waals surface area (Å²) in [5.74, 6) is -0.0574. The van der Waals surface area contributed by atoms with Crippen molar-refractivity contribution in [2.45, 2.75) is 19.4 Å². The summed E-state index contributed by atoms with van der Waals surface area (Å²) in [6.07, 6.45) is 0.187. The van der Waals surface area contributed by atoms with Crippen LogP contribution in [0.4, 0.5) is 0 Å². The molecule has 72 valence electrons.